The van der Waals surface area contributed by atoms with Gasteiger partial charge in [0, 0.05) is 35.7 Å². The normalized spacial score (nSPS) is 40.2. The van der Waals surface area contributed by atoms with E-state index in [4.69, 9.17) is 34.3 Å². The summed E-state index contributed by atoms with van der Waals surface area (Å²) in [5.74, 6) is -5.74. The molecule has 4 N–H and O–H groups in total. The molecule has 320 valence electrons. The molecule has 0 spiro atoms. The molecule has 58 heavy (non-hydrogen) atoms. The van der Waals surface area contributed by atoms with Crippen LogP contribution in [0.1, 0.15) is 85.9 Å². The lowest BCUT2D eigenvalue weighted by molar-refractivity contribution is -0.296. The summed E-state index contributed by atoms with van der Waals surface area (Å²) in [5.41, 5.74) is 3.76. The van der Waals surface area contributed by atoms with Gasteiger partial charge in [0.25, 0.3) is 5.91 Å². The summed E-state index contributed by atoms with van der Waals surface area (Å²) in [4.78, 5) is 59.4. The first-order chi connectivity index (χ1) is 27.2. The number of fused-ring (bicyclic) bond motifs is 4. The Labute approximate surface area is 340 Å². The number of aliphatic imine (C=N–C) groups is 1. The first-order valence-electron chi connectivity index (χ1n) is 20.1. The van der Waals surface area contributed by atoms with E-state index in [1.165, 1.54) is 19.9 Å². The largest absolute Gasteiger partial charge is 0.459 e. The number of cyclic esters (lactones) is 1. The number of anilines is 1. The van der Waals surface area contributed by atoms with E-state index in [0.29, 0.717) is 17.8 Å². The van der Waals surface area contributed by atoms with Crippen LogP contribution in [-0.4, -0.2) is 137 Å². The van der Waals surface area contributed by atoms with E-state index in [2.05, 4.69) is 15.1 Å². The predicted molar refractivity (Wildman–Crippen MR) is 210 cm³/mol. The lowest BCUT2D eigenvalue weighted by Gasteiger charge is -2.47. The standard InChI is InChI=1S/C41H60N6O11/c1-11-30-41(8,52)35-22(4)31-20(2)16-40(7,34(23(5)32(48)24(6)38(51)56-30)57-39-33(49)28(47(9)10)14-21(3)55-39)54-19-27(18-53-35)46-58-29(37(50)45-31)15-26-13-12-25(17-42)36(43)44-26/h12-13,20-24,28-30,33-35,39,49,52H,11,14-16,18-19H2,1-10H3,(H2,43,44)/b45-31?,46-27+/t20-,21-,22-,23+,24-,28+,29?,30-,33-,34-,35+,39+,40-,41-/m1/s1. The number of esters is 1. The summed E-state index contributed by atoms with van der Waals surface area (Å²) in [7, 11) is 3.71. The molecule has 17 heteroatoms. The summed E-state index contributed by atoms with van der Waals surface area (Å²) in [5, 5.41) is 37.7. The van der Waals surface area contributed by atoms with E-state index in [-0.39, 0.29) is 61.7 Å². The third kappa shape index (κ3) is 9.44. The molecule has 5 heterocycles. The zero-order valence-corrected chi connectivity index (χ0v) is 35.2. The molecule has 1 aromatic rings. The number of aliphatic hydroxyl groups excluding tert-OH is 1. The highest BCUT2D eigenvalue weighted by Gasteiger charge is 2.53. The first-order valence-corrected chi connectivity index (χ1v) is 20.1. The van der Waals surface area contributed by atoms with Crippen molar-refractivity contribution in [1.82, 2.24) is 9.88 Å². The van der Waals surface area contributed by atoms with Crippen LogP contribution >= 0.6 is 0 Å². The van der Waals surface area contributed by atoms with Gasteiger partial charge in [-0.1, -0.05) is 32.9 Å². The molecule has 14 atom stereocenters. The average Bonchev–Trinajstić information content (AvgIpc) is 3.20. The molecule has 4 aliphatic rings. The molecule has 0 radical (unpaired) electrons. The van der Waals surface area contributed by atoms with Crippen LogP contribution in [0.2, 0.25) is 0 Å². The Morgan fingerprint density at radius 2 is 1.79 bits per heavy atom. The number of hydrogen-bond donors (Lipinski definition) is 3. The van der Waals surface area contributed by atoms with Crippen molar-refractivity contribution in [3.63, 3.8) is 0 Å². The van der Waals surface area contributed by atoms with Crippen LogP contribution in [0.3, 0.4) is 0 Å². The van der Waals surface area contributed by atoms with Gasteiger partial charge in [-0.3, -0.25) is 14.4 Å². The van der Waals surface area contributed by atoms with E-state index in [1.807, 2.05) is 38.9 Å². The van der Waals surface area contributed by atoms with Gasteiger partial charge in [0.05, 0.1) is 42.7 Å². The summed E-state index contributed by atoms with van der Waals surface area (Å²) in [6.45, 7) is 13.1. The van der Waals surface area contributed by atoms with Crippen molar-refractivity contribution in [1.29, 1.82) is 5.26 Å². The van der Waals surface area contributed by atoms with Gasteiger partial charge in [-0.15, -0.1) is 0 Å². The second-order valence-corrected chi connectivity index (χ2v) is 17.0. The minimum Gasteiger partial charge on any atom is -0.459 e. The molecular formula is C41H60N6O11. The number of nitrogens with zero attached hydrogens (tertiary/aromatic N) is 5. The number of aromatic nitrogens is 1. The molecule has 1 aromatic heterocycles. The van der Waals surface area contributed by atoms with E-state index in [1.54, 1.807) is 33.8 Å². The lowest BCUT2D eigenvalue weighted by Crippen LogP contribution is -2.60. The number of rotatable bonds is 6. The third-order valence-corrected chi connectivity index (χ3v) is 12.2. The molecule has 1 unspecified atom stereocenters. The summed E-state index contributed by atoms with van der Waals surface area (Å²) >= 11 is 0. The Kier molecular flexibility index (Phi) is 14.2. The van der Waals surface area contributed by atoms with Crippen molar-refractivity contribution in [3.05, 3.63) is 23.4 Å². The summed E-state index contributed by atoms with van der Waals surface area (Å²) < 4.78 is 32.2. The zero-order chi connectivity index (χ0) is 42.9. The number of Topliss-reactive ketones (excluding diaryl/α,β-unsaturated/α-hetero) is 1. The average molecular weight is 813 g/mol. The topological polar surface area (TPSA) is 238 Å². The molecule has 5 rings (SSSR count). The fourth-order valence-corrected chi connectivity index (χ4v) is 8.85. The van der Waals surface area contributed by atoms with Crippen LogP contribution in [0.4, 0.5) is 5.82 Å². The van der Waals surface area contributed by atoms with Crippen molar-refractivity contribution in [2.75, 3.05) is 33.0 Å². The second-order valence-electron chi connectivity index (χ2n) is 17.0. The van der Waals surface area contributed by atoms with Crippen LogP contribution in [0.25, 0.3) is 0 Å². The molecule has 4 bridgehead atoms. The van der Waals surface area contributed by atoms with Crippen LogP contribution in [0.15, 0.2) is 22.3 Å². The molecule has 1 amide bonds. The van der Waals surface area contributed by atoms with Crippen molar-refractivity contribution in [2.45, 2.75) is 141 Å². The third-order valence-electron chi connectivity index (χ3n) is 12.2. The van der Waals surface area contributed by atoms with Crippen LogP contribution in [0.5, 0.6) is 0 Å². The number of nitriles is 1. The minimum atomic E-state index is -1.87. The second kappa shape index (κ2) is 18.2. The SMILES string of the molecule is CC[C@H]1OC(=O)[C@H](C)C(=O)[C@H](C)[C@@H](O[C@@H]2O[C@H](C)C[C@H](N(C)C)[C@H]2O)[C@@]2(C)C[C@@H](C)C3=NC(=O)C(Cc4ccc(C#N)c(N)n4)O/N=C(\CO[C@@H]([C@@H]3C)[C@]1(C)O)CO2. The number of carbonyl (C=O) groups excluding carboxylic acids is 3. The number of nitrogens with two attached hydrogens (primary N) is 1. The highest BCUT2D eigenvalue weighted by Crippen LogP contribution is 2.40. The Morgan fingerprint density at radius 1 is 1.09 bits per heavy atom. The maximum atomic E-state index is 14.4. The zero-order valence-electron chi connectivity index (χ0n) is 35.2. The molecule has 0 aliphatic carbocycles. The Bertz CT molecular complexity index is 1800. The number of nitrogen functional groups attached to an aromatic ring is 1. The van der Waals surface area contributed by atoms with Gasteiger partial charge in [-0.25, -0.2) is 9.98 Å². The molecule has 0 saturated carbocycles. The number of hydrogen-bond acceptors (Lipinski definition) is 16. The van der Waals surface area contributed by atoms with Gasteiger partial charge in [0.15, 0.2) is 12.1 Å². The van der Waals surface area contributed by atoms with Crippen LogP contribution < -0.4 is 5.73 Å². The van der Waals surface area contributed by atoms with Gasteiger partial charge in [-0.05, 0) is 79.1 Å². The number of oxime groups is 1. The maximum Gasteiger partial charge on any atom is 0.316 e. The maximum absolute atomic E-state index is 14.4. The van der Waals surface area contributed by atoms with Gasteiger partial charge >= 0.3 is 5.97 Å². The number of carbonyl (C=O) groups is 3. The first kappa shape index (κ1) is 45.2. The van der Waals surface area contributed by atoms with Gasteiger partial charge in [0.1, 0.15) is 41.3 Å². The number of ketones is 1. The van der Waals surface area contributed by atoms with Gasteiger partial charge in [0.2, 0.25) is 6.10 Å². The number of likely N-dealkylation sites (N-methyl/N-ethyl adjacent to an activating group) is 1. The lowest BCUT2D eigenvalue weighted by atomic mass is 9.73. The Balaban J connectivity index is 1.70. The van der Waals surface area contributed by atoms with Crippen molar-refractivity contribution < 1.29 is 53.1 Å². The molecule has 0 aromatic carbocycles. The molecular weight excluding hydrogens is 752 g/mol. The molecule has 3 saturated heterocycles. The highest BCUT2D eigenvalue weighted by molar-refractivity contribution is 6.01. The van der Waals surface area contributed by atoms with Gasteiger partial charge in [-0.2, -0.15) is 5.26 Å². The number of amides is 1. The van der Waals surface area contributed by atoms with E-state index in [9.17, 15) is 29.9 Å². The van der Waals surface area contributed by atoms with E-state index < -0.39 is 89.3 Å². The van der Waals surface area contributed by atoms with Crippen molar-refractivity contribution >= 4 is 34.9 Å². The van der Waals surface area contributed by atoms with E-state index >= 15 is 0 Å². The monoisotopic (exact) mass is 812 g/mol. The Morgan fingerprint density at radius 3 is 2.43 bits per heavy atom. The fourth-order valence-electron chi connectivity index (χ4n) is 8.85. The van der Waals surface area contributed by atoms with Crippen molar-refractivity contribution in [3.8, 4) is 6.07 Å². The summed E-state index contributed by atoms with van der Waals surface area (Å²) in [6.07, 6.45) is -6.60. The number of pyridine rings is 1. The smallest absolute Gasteiger partial charge is 0.316 e. The summed E-state index contributed by atoms with van der Waals surface area (Å²) in [6, 6.07) is 4.71. The van der Waals surface area contributed by atoms with Crippen LogP contribution in [-0.2, 0) is 49.3 Å². The van der Waals surface area contributed by atoms with E-state index in [0.717, 1.165) is 0 Å². The fraction of sp³-hybridized carbons (Fsp3) is 0.732. The number of ether oxygens (including phenoxy) is 5. The van der Waals surface area contributed by atoms with Crippen LogP contribution in [0, 0.1) is 35.0 Å². The van der Waals surface area contributed by atoms with Crippen molar-refractivity contribution in [2.24, 2.45) is 33.8 Å². The minimum absolute atomic E-state index is 0.00337. The highest BCUT2D eigenvalue weighted by atomic mass is 16.7. The number of aliphatic hydroxyl groups is 2. The van der Waals surface area contributed by atoms with Gasteiger partial charge < -0.3 is 49.4 Å². The molecule has 4 aliphatic heterocycles. The predicted octanol–water partition coefficient (Wildman–Crippen LogP) is 2.38. The molecule has 3 fully saturated rings. The Hall–Kier alpha value is -3.89. The quantitative estimate of drug-likeness (QED) is 0.276. The molecule has 17 nitrogen and oxygen atoms in total.